The van der Waals surface area contributed by atoms with Crippen molar-refractivity contribution < 1.29 is 9.13 Å². The molecule has 2 aromatic carbocycles. The fraction of sp³-hybridized carbons (Fsp3) is 0.111. The third-order valence-corrected chi connectivity index (χ3v) is 3.82. The summed E-state index contributed by atoms with van der Waals surface area (Å²) < 4.78 is 19.6. The molecule has 0 saturated carbocycles. The van der Waals surface area contributed by atoms with E-state index in [-0.39, 0.29) is 6.61 Å². The molecule has 6 heteroatoms. The Kier molecular flexibility index (Phi) is 3.49. The van der Waals surface area contributed by atoms with Crippen LogP contribution in [0.15, 0.2) is 54.7 Å². The molecule has 0 spiro atoms. The standard InChI is InChI=1S/C18H15FN4O/c19-8-10-24-17-11-12(5-6-13(17)20)14-7-9-23-16-4-2-1-3-15(16)22-18(23)21-14/h1-7,9,11H,8,10,20H2. The lowest BCUT2D eigenvalue weighted by Gasteiger charge is -2.09. The van der Waals surface area contributed by atoms with E-state index in [0.29, 0.717) is 17.2 Å². The first-order valence-electron chi connectivity index (χ1n) is 7.59. The van der Waals surface area contributed by atoms with E-state index in [9.17, 15) is 4.39 Å². The zero-order chi connectivity index (χ0) is 16.5. The molecule has 2 N–H and O–H groups in total. The number of anilines is 1. The molecule has 0 amide bonds. The van der Waals surface area contributed by atoms with E-state index < -0.39 is 6.67 Å². The number of fused-ring (bicyclic) bond motifs is 3. The number of hydrogen-bond acceptors (Lipinski definition) is 4. The summed E-state index contributed by atoms with van der Waals surface area (Å²) in [6, 6.07) is 15.1. The van der Waals surface area contributed by atoms with Crippen LogP contribution in [0.4, 0.5) is 10.1 Å². The molecule has 0 aliphatic heterocycles. The number of alkyl halides is 1. The second-order valence-electron chi connectivity index (χ2n) is 5.37. The van der Waals surface area contributed by atoms with Gasteiger partial charge in [-0.25, -0.2) is 14.4 Å². The summed E-state index contributed by atoms with van der Waals surface area (Å²) in [7, 11) is 0. The van der Waals surface area contributed by atoms with Gasteiger partial charge in [0.05, 0.1) is 22.4 Å². The zero-order valence-electron chi connectivity index (χ0n) is 12.8. The quantitative estimate of drug-likeness (QED) is 0.584. The topological polar surface area (TPSA) is 65.4 Å². The van der Waals surface area contributed by atoms with Crippen molar-refractivity contribution in [3.8, 4) is 17.0 Å². The van der Waals surface area contributed by atoms with Gasteiger partial charge in [0.1, 0.15) is 19.0 Å². The number of nitrogens with zero attached hydrogens (tertiary/aromatic N) is 3. The average Bonchev–Trinajstić information content (AvgIpc) is 2.98. The van der Waals surface area contributed by atoms with Crippen molar-refractivity contribution in [1.29, 1.82) is 0 Å². The molecule has 0 aliphatic carbocycles. The second-order valence-corrected chi connectivity index (χ2v) is 5.37. The molecule has 0 aliphatic rings. The smallest absolute Gasteiger partial charge is 0.235 e. The van der Waals surface area contributed by atoms with E-state index in [0.717, 1.165) is 22.3 Å². The number of aromatic nitrogens is 3. The maximum absolute atomic E-state index is 12.3. The van der Waals surface area contributed by atoms with E-state index in [4.69, 9.17) is 10.5 Å². The SMILES string of the molecule is Nc1ccc(-c2ccn3c(n2)nc2ccccc23)cc1OCCF. The Balaban J connectivity index is 1.80. The van der Waals surface area contributed by atoms with Crippen LogP contribution < -0.4 is 10.5 Å². The summed E-state index contributed by atoms with van der Waals surface area (Å²) in [5, 5.41) is 0. The number of benzene rings is 2. The van der Waals surface area contributed by atoms with Crippen molar-refractivity contribution in [2.75, 3.05) is 19.0 Å². The third-order valence-electron chi connectivity index (χ3n) is 3.82. The highest BCUT2D eigenvalue weighted by molar-refractivity contribution is 5.80. The highest BCUT2D eigenvalue weighted by Gasteiger charge is 2.09. The highest BCUT2D eigenvalue weighted by Crippen LogP contribution is 2.28. The van der Waals surface area contributed by atoms with Gasteiger partial charge in [-0.1, -0.05) is 18.2 Å². The lowest BCUT2D eigenvalue weighted by molar-refractivity contribution is 0.274. The van der Waals surface area contributed by atoms with Gasteiger partial charge < -0.3 is 10.5 Å². The van der Waals surface area contributed by atoms with Gasteiger partial charge in [-0.2, -0.15) is 0 Å². The number of rotatable bonds is 4. The van der Waals surface area contributed by atoms with Gasteiger partial charge in [-0.15, -0.1) is 0 Å². The fourth-order valence-electron chi connectivity index (χ4n) is 2.68. The van der Waals surface area contributed by atoms with Crippen LogP contribution in [-0.4, -0.2) is 27.7 Å². The first-order chi connectivity index (χ1) is 11.8. The van der Waals surface area contributed by atoms with E-state index in [1.54, 1.807) is 12.1 Å². The molecule has 120 valence electrons. The Labute approximate surface area is 137 Å². The Morgan fingerprint density at radius 3 is 2.83 bits per heavy atom. The molecule has 0 fully saturated rings. The fourth-order valence-corrected chi connectivity index (χ4v) is 2.68. The Morgan fingerprint density at radius 2 is 1.96 bits per heavy atom. The van der Waals surface area contributed by atoms with Crippen LogP contribution in [-0.2, 0) is 0 Å². The predicted molar refractivity (Wildman–Crippen MR) is 91.8 cm³/mol. The molecule has 0 atom stereocenters. The number of ether oxygens (including phenoxy) is 1. The van der Waals surface area contributed by atoms with E-state index in [1.807, 2.05) is 47.0 Å². The molecular formula is C18H15FN4O. The van der Waals surface area contributed by atoms with Crippen molar-refractivity contribution in [3.05, 3.63) is 54.7 Å². The molecule has 5 nitrogen and oxygen atoms in total. The number of nitrogens with two attached hydrogens (primary N) is 1. The summed E-state index contributed by atoms with van der Waals surface area (Å²) >= 11 is 0. The van der Waals surface area contributed by atoms with Crippen molar-refractivity contribution >= 4 is 22.5 Å². The number of para-hydroxylation sites is 2. The van der Waals surface area contributed by atoms with Gasteiger partial charge in [0.25, 0.3) is 0 Å². The number of nitrogen functional groups attached to an aromatic ring is 1. The number of halogens is 1. The molecule has 24 heavy (non-hydrogen) atoms. The van der Waals surface area contributed by atoms with Gasteiger partial charge in [0, 0.05) is 11.8 Å². The molecule has 4 aromatic rings. The van der Waals surface area contributed by atoms with Gasteiger partial charge in [-0.3, -0.25) is 4.40 Å². The summed E-state index contributed by atoms with van der Waals surface area (Å²) in [6.07, 6.45) is 1.94. The first kappa shape index (κ1) is 14.4. The third kappa shape index (κ3) is 2.42. The van der Waals surface area contributed by atoms with Crippen LogP contribution in [0.3, 0.4) is 0 Å². The minimum atomic E-state index is -0.561. The zero-order valence-corrected chi connectivity index (χ0v) is 12.8. The monoisotopic (exact) mass is 322 g/mol. The lowest BCUT2D eigenvalue weighted by atomic mass is 10.1. The largest absolute Gasteiger partial charge is 0.489 e. The molecule has 4 rings (SSSR count). The summed E-state index contributed by atoms with van der Waals surface area (Å²) in [5.74, 6) is 1.08. The minimum Gasteiger partial charge on any atom is -0.489 e. The van der Waals surface area contributed by atoms with Crippen molar-refractivity contribution in [2.24, 2.45) is 0 Å². The molecular weight excluding hydrogens is 307 g/mol. The van der Waals surface area contributed by atoms with Crippen LogP contribution in [0, 0.1) is 0 Å². The van der Waals surface area contributed by atoms with Gasteiger partial charge in [-0.05, 0) is 30.3 Å². The Morgan fingerprint density at radius 1 is 1.08 bits per heavy atom. The van der Waals surface area contributed by atoms with Crippen LogP contribution >= 0.6 is 0 Å². The van der Waals surface area contributed by atoms with Crippen LogP contribution in [0.25, 0.3) is 28.1 Å². The van der Waals surface area contributed by atoms with Gasteiger partial charge in [0.15, 0.2) is 0 Å². The maximum Gasteiger partial charge on any atom is 0.235 e. The van der Waals surface area contributed by atoms with Crippen molar-refractivity contribution in [3.63, 3.8) is 0 Å². The Hall–Kier alpha value is -3.15. The average molecular weight is 322 g/mol. The van der Waals surface area contributed by atoms with Crippen molar-refractivity contribution in [1.82, 2.24) is 14.4 Å². The van der Waals surface area contributed by atoms with Crippen LogP contribution in [0.5, 0.6) is 5.75 Å². The predicted octanol–water partition coefficient (Wildman–Crippen LogP) is 3.48. The highest BCUT2D eigenvalue weighted by atomic mass is 19.1. The molecule has 0 unspecified atom stereocenters. The molecule has 0 bridgehead atoms. The minimum absolute atomic E-state index is 0.0221. The number of hydrogen-bond donors (Lipinski definition) is 1. The van der Waals surface area contributed by atoms with E-state index in [2.05, 4.69) is 9.97 Å². The van der Waals surface area contributed by atoms with Crippen LogP contribution in [0.2, 0.25) is 0 Å². The normalized spacial score (nSPS) is 11.2. The Bertz CT molecular complexity index is 1030. The summed E-state index contributed by atoms with van der Waals surface area (Å²) in [4.78, 5) is 9.15. The van der Waals surface area contributed by atoms with E-state index >= 15 is 0 Å². The number of imidazole rings is 1. The summed E-state index contributed by atoms with van der Waals surface area (Å²) in [6.45, 7) is -0.583. The second kappa shape index (κ2) is 5.81. The van der Waals surface area contributed by atoms with Crippen molar-refractivity contribution in [2.45, 2.75) is 0 Å². The maximum atomic E-state index is 12.3. The molecule has 2 aromatic heterocycles. The molecule has 2 heterocycles. The van der Waals surface area contributed by atoms with Gasteiger partial charge >= 0.3 is 0 Å². The first-order valence-corrected chi connectivity index (χ1v) is 7.59. The molecule has 0 saturated heterocycles. The van der Waals surface area contributed by atoms with Gasteiger partial charge in [0.2, 0.25) is 5.78 Å². The van der Waals surface area contributed by atoms with E-state index in [1.165, 1.54) is 0 Å². The lowest BCUT2D eigenvalue weighted by Crippen LogP contribution is -2.02. The van der Waals surface area contributed by atoms with Crippen LogP contribution in [0.1, 0.15) is 0 Å². The summed E-state index contributed by atoms with van der Waals surface area (Å²) in [5.41, 5.74) is 9.84. The molecule has 0 radical (unpaired) electrons.